The number of aliphatic carboxylic acids is 1. The van der Waals surface area contributed by atoms with E-state index in [4.69, 9.17) is 4.74 Å². The number of carboxylic acids is 1. The molecular weight excluding hydrogens is 336 g/mol. The van der Waals surface area contributed by atoms with Crippen molar-refractivity contribution in [2.24, 2.45) is 0 Å². The van der Waals surface area contributed by atoms with Gasteiger partial charge in [0.25, 0.3) is 10.2 Å². The van der Waals surface area contributed by atoms with E-state index in [1.807, 2.05) is 0 Å². The lowest BCUT2D eigenvalue weighted by Crippen LogP contribution is -2.49. The summed E-state index contributed by atoms with van der Waals surface area (Å²) in [6.07, 6.45) is 0.857. The number of carboxylic acid groups (broad SMARTS) is 1. The molecule has 1 aromatic rings. The van der Waals surface area contributed by atoms with Crippen molar-refractivity contribution in [3.8, 4) is 0 Å². The molecule has 8 nitrogen and oxygen atoms in total. The molecule has 1 heterocycles. The smallest absolute Gasteiger partial charge is 0.326 e. The summed E-state index contributed by atoms with van der Waals surface area (Å²) in [4.78, 5) is 23.4. The lowest BCUT2D eigenvalue weighted by atomic mass is 10.1. The normalized spacial score (nSPS) is 19.8. The largest absolute Gasteiger partial charge is 0.480 e. The van der Waals surface area contributed by atoms with Crippen molar-refractivity contribution in [1.29, 1.82) is 0 Å². The van der Waals surface area contributed by atoms with Gasteiger partial charge in [-0.25, -0.2) is 0 Å². The van der Waals surface area contributed by atoms with E-state index in [1.54, 1.807) is 25.1 Å². The summed E-state index contributed by atoms with van der Waals surface area (Å²) in [5.74, 6) is -1.94. The third-order valence-electron chi connectivity index (χ3n) is 3.72. The minimum Gasteiger partial charge on any atom is -0.480 e. The maximum atomic E-state index is 12.6. The molecular formula is C15H20N2O6S. The van der Waals surface area contributed by atoms with E-state index in [1.165, 1.54) is 12.1 Å². The zero-order valence-corrected chi connectivity index (χ0v) is 14.0. The van der Waals surface area contributed by atoms with Crippen molar-refractivity contribution in [3.63, 3.8) is 0 Å². The first-order valence-electron chi connectivity index (χ1n) is 7.60. The van der Waals surface area contributed by atoms with Crippen LogP contribution in [-0.2, 0) is 24.5 Å². The first-order valence-corrected chi connectivity index (χ1v) is 9.04. The van der Waals surface area contributed by atoms with Crippen LogP contribution in [-0.4, -0.2) is 49.0 Å². The molecule has 1 aliphatic rings. The van der Waals surface area contributed by atoms with Crippen LogP contribution in [0.2, 0.25) is 0 Å². The molecule has 1 saturated heterocycles. The van der Waals surface area contributed by atoms with E-state index in [9.17, 15) is 23.1 Å². The second-order valence-electron chi connectivity index (χ2n) is 5.33. The summed E-state index contributed by atoms with van der Waals surface area (Å²) in [5.41, 5.74) is 0.306. The second kappa shape index (κ2) is 7.73. The Balaban J connectivity index is 2.22. The van der Waals surface area contributed by atoms with Crippen molar-refractivity contribution in [2.75, 3.05) is 13.2 Å². The van der Waals surface area contributed by atoms with Crippen molar-refractivity contribution in [2.45, 2.75) is 31.8 Å². The van der Waals surface area contributed by atoms with Gasteiger partial charge in [0.1, 0.15) is 12.1 Å². The van der Waals surface area contributed by atoms with Crippen molar-refractivity contribution < 1.29 is 27.9 Å². The van der Waals surface area contributed by atoms with Gasteiger partial charge < -0.3 is 9.84 Å². The standard InChI is InChI=1S/C15H20N2O6S/c1-2-23-15(20)12-9-6-10-17(12)24(21,22)16-13(14(18)19)11-7-4-3-5-8-11/h3-5,7-8,12-13,16H,2,6,9-10H2,1H3,(H,18,19)/t12?,13-/m0/s1. The van der Waals surface area contributed by atoms with Crippen LogP contribution in [0.1, 0.15) is 31.4 Å². The molecule has 0 amide bonds. The van der Waals surface area contributed by atoms with Crippen LogP contribution in [0.4, 0.5) is 0 Å². The quantitative estimate of drug-likeness (QED) is 0.695. The highest BCUT2D eigenvalue weighted by Crippen LogP contribution is 2.23. The Morgan fingerprint density at radius 3 is 2.62 bits per heavy atom. The van der Waals surface area contributed by atoms with Gasteiger partial charge in [-0.2, -0.15) is 17.4 Å². The highest BCUT2D eigenvalue weighted by Gasteiger charge is 2.41. The molecule has 0 aliphatic carbocycles. The van der Waals surface area contributed by atoms with Gasteiger partial charge >= 0.3 is 11.9 Å². The highest BCUT2D eigenvalue weighted by molar-refractivity contribution is 7.87. The van der Waals surface area contributed by atoms with Crippen LogP contribution in [0.15, 0.2) is 30.3 Å². The van der Waals surface area contributed by atoms with E-state index in [2.05, 4.69) is 4.72 Å². The Morgan fingerprint density at radius 1 is 1.38 bits per heavy atom. The van der Waals surface area contributed by atoms with Crippen LogP contribution < -0.4 is 4.72 Å². The molecule has 0 bridgehead atoms. The van der Waals surface area contributed by atoms with Crippen LogP contribution in [0.3, 0.4) is 0 Å². The Bertz CT molecular complexity index is 691. The minimum absolute atomic E-state index is 0.139. The molecule has 9 heteroatoms. The molecule has 24 heavy (non-hydrogen) atoms. The summed E-state index contributed by atoms with van der Waals surface area (Å²) in [7, 11) is -4.16. The monoisotopic (exact) mass is 356 g/mol. The predicted octanol–water partition coefficient (Wildman–Crippen LogP) is 0.674. The lowest BCUT2D eigenvalue weighted by molar-refractivity contribution is -0.146. The summed E-state index contributed by atoms with van der Waals surface area (Å²) in [6.45, 7) is 1.93. The van der Waals surface area contributed by atoms with Crippen molar-refractivity contribution in [3.05, 3.63) is 35.9 Å². The molecule has 2 N–H and O–H groups in total. The predicted molar refractivity (Wildman–Crippen MR) is 85.2 cm³/mol. The zero-order chi connectivity index (χ0) is 17.7. The van der Waals surface area contributed by atoms with Gasteiger partial charge in [-0.15, -0.1) is 0 Å². The molecule has 0 radical (unpaired) electrons. The van der Waals surface area contributed by atoms with Crippen LogP contribution in [0, 0.1) is 0 Å². The lowest BCUT2D eigenvalue weighted by Gasteiger charge is -2.25. The molecule has 2 rings (SSSR count). The number of benzene rings is 1. The summed E-state index contributed by atoms with van der Waals surface area (Å²) in [5, 5.41) is 9.36. The van der Waals surface area contributed by atoms with Gasteiger partial charge in [0.2, 0.25) is 0 Å². The van der Waals surface area contributed by atoms with E-state index >= 15 is 0 Å². The SMILES string of the molecule is CCOC(=O)C1CCCN1S(=O)(=O)N[C@H](C(=O)O)c1ccccc1. The second-order valence-corrected chi connectivity index (χ2v) is 6.98. The fourth-order valence-electron chi connectivity index (χ4n) is 2.63. The highest BCUT2D eigenvalue weighted by atomic mass is 32.2. The van der Waals surface area contributed by atoms with Gasteiger partial charge in [-0.1, -0.05) is 30.3 Å². The van der Waals surface area contributed by atoms with Crippen LogP contribution >= 0.6 is 0 Å². The Labute approximate surface area is 140 Å². The number of esters is 1. The maximum Gasteiger partial charge on any atom is 0.326 e. The number of carbonyl (C=O) groups excluding carboxylic acids is 1. The average Bonchev–Trinajstić information content (AvgIpc) is 3.04. The van der Waals surface area contributed by atoms with Gasteiger partial charge in [0, 0.05) is 6.54 Å². The first kappa shape index (κ1) is 18.4. The Kier molecular flexibility index (Phi) is 5.92. The molecule has 1 unspecified atom stereocenters. The number of nitrogens with zero attached hydrogens (tertiary/aromatic N) is 1. The number of ether oxygens (including phenoxy) is 1. The average molecular weight is 356 g/mol. The third-order valence-corrected chi connectivity index (χ3v) is 5.31. The molecule has 2 atom stereocenters. The Hall–Kier alpha value is -1.97. The van der Waals surface area contributed by atoms with Gasteiger partial charge in [0.05, 0.1) is 6.61 Å². The summed E-state index contributed by atoms with van der Waals surface area (Å²) in [6, 6.07) is 5.64. The molecule has 132 valence electrons. The van der Waals surface area contributed by atoms with E-state index < -0.39 is 34.2 Å². The molecule has 1 fully saturated rings. The van der Waals surface area contributed by atoms with Gasteiger partial charge in [-0.05, 0) is 25.3 Å². The number of rotatable bonds is 7. The number of nitrogens with one attached hydrogen (secondary N) is 1. The summed E-state index contributed by atoms with van der Waals surface area (Å²) < 4.78 is 33.2. The molecule has 0 aromatic heterocycles. The van der Waals surface area contributed by atoms with Gasteiger partial charge in [0.15, 0.2) is 0 Å². The number of hydrogen-bond donors (Lipinski definition) is 2. The first-order chi connectivity index (χ1) is 11.4. The zero-order valence-electron chi connectivity index (χ0n) is 13.2. The van der Waals surface area contributed by atoms with Crippen LogP contribution in [0.25, 0.3) is 0 Å². The number of carbonyl (C=O) groups is 2. The number of hydrogen-bond acceptors (Lipinski definition) is 5. The molecule has 0 spiro atoms. The Morgan fingerprint density at radius 2 is 2.04 bits per heavy atom. The maximum absolute atomic E-state index is 12.6. The molecule has 1 aliphatic heterocycles. The fourth-order valence-corrected chi connectivity index (χ4v) is 4.19. The van der Waals surface area contributed by atoms with Gasteiger partial charge in [-0.3, -0.25) is 9.59 Å². The minimum atomic E-state index is -4.16. The van der Waals surface area contributed by atoms with Crippen LogP contribution in [0.5, 0.6) is 0 Å². The molecule has 1 aromatic carbocycles. The van der Waals surface area contributed by atoms with Crippen molar-refractivity contribution >= 4 is 22.1 Å². The molecule has 0 saturated carbocycles. The fraction of sp³-hybridized carbons (Fsp3) is 0.467. The van der Waals surface area contributed by atoms with E-state index in [-0.39, 0.29) is 13.2 Å². The topological polar surface area (TPSA) is 113 Å². The van der Waals surface area contributed by atoms with Crippen molar-refractivity contribution in [1.82, 2.24) is 9.03 Å². The van der Waals surface area contributed by atoms with E-state index in [0.29, 0.717) is 18.4 Å². The van der Waals surface area contributed by atoms with E-state index in [0.717, 1.165) is 4.31 Å². The third kappa shape index (κ3) is 4.11. The summed E-state index contributed by atoms with van der Waals surface area (Å²) >= 11 is 0.